The molecule has 0 aliphatic heterocycles. The van der Waals surface area contributed by atoms with Gasteiger partial charge in [-0.05, 0) is 36.1 Å². The molecule has 0 aliphatic rings. The number of hydrogen-bond donors (Lipinski definition) is 0. The van der Waals surface area contributed by atoms with Gasteiger partial charge in [0.1, 0.15) is 6.07 Å². The molecule has 0 N–H and O–H groups in total. The molecule has 2 rings (SSSR count). The number of rotatable bonds is 2. The van der Waals surface area contributed by atoms with Crippen LogP contribution >= 0.6 is 23.1 Å². The van der Waals surface area contributed by atoms with Crippen LogP contribution in [0.5, 0.6) is 0 Å². The molecule has 0 radical (unpaired) electrons. The summed E-state index contributed by atoms with van der Waals surface area (Å²) in [5.74, 6) is 0. The normalized spacial score (nSPS) is 9.87. The molecule has 1 heterocycles. The average molecular weight is 231 g/mol. The van der Waals surface area contributed by atoms with E-state index >= 15 is 0 Å². The van der Waals surface area contributed by atoms with Crippen LogP contribution < -0.4 is 0 Å². The Labute approximate surface area is 97.4 Å². The molecule has 1 aromatic heterocycles. The number of aryl methyl sites for hydroxylation is 1. The molecule has 0 bridgehead atoms. The first-order valence-corrected chi connectivity index (χ1v) is 6.21. The van der Waals surface area contributed by atoms with Crippen LogP contribution in [0, 0.1) is 18.3 Å². The fourth-order valence-corrected chi connectivity index (χ4v) is 3.04. The van der Waals surface area contributed by atoms with Gasteiger partial charge in [0.15, 0.2) is 0 Å². The third-order valence-electron chi connectivity index (χ3n) is 1.96. The number of nitriles is 1. The molecule has 0 saturated carbocycles. The van der Waals surface area contributed by atoms with Gasteiger partial charge in [0.05, 0.1) is 9.77 Å². The lowest BCUT2D eigenvalue weighted by Crippen LogP contribution is -1.81. The molecular weight excluding hydrogens is 222 g/mol. The topological polar surface area (TPSA) is 23.8 Å². The zero-order valence-electron chi connectivity index (χ0n) is 8.23. The van der Waals surface area contributed by atoms with Crippen molar-refractivity contribution in [3.8, 4) is 6.07 Å². The lowest BCUT2D eigenvalue weighted by Gasteiger charge is -2.02. The van der Waals surface area contributed by atoms with Crippen molar-refractivity contribution in [3.05, 3.63) is 46.8 Å². The van der Waals surface area contributed by atoms with Gasteiger partial charge in [-0.15, -0.1) is 11.3 Å². The van der Waals surface area contributed by atoms with Gasteiger partial charge in [0.25, 0.3) is 0 Å². The third kappa shape index (κ3) is 2.41. The number of thiophene rings is 1. The van der Waals surface area contributed by atoms with Crippen molar-refractivity contribution in [2.24, 2.45) is 0 Å². The summed E-state index contributed by atoms with van der Waals surface area (Å²) in [5.41, 5.74) is 1.88. The molecule has 74 valence electrons. The number of hydrogen-bond acceptors (Lipinski definition) is 3. The predicted octanol–water partition coefficient (Wildman–Crippen LogP) is 4.08. The van der Waals surface area contributed by atoms with Crippen molar-refractivity contribution in [2.45, 2.75) is 16.0 Å². The SMILES string of the molecule is Cc1ccc(Sc2cccs2)c(C#N)c1. The highest BCUT2D eigenvalue weighted by Gasteiger charge is 2.04. The maximum absolute atomic E-state index is 9.01. The maximum Gasteiger partial charge on any atom is 0.100 e. The van der Waals surface area contributed by atoms with E-state index in [4.69, 9.17) is 5.26 Å². The van der Waals surface area contributed by atoms with Crippen molar-refractivity contribution in [2.75, 3.05) is 0 Å². The highest BCUT2D eigenvalue weighted by molar-refractivity contribution is 8.01. The molecule has 2 aromatic rings. The first kappa shape index (κ1) is 10.3. The van der Waals surface area contributed by atoms with Gasteiger partial charge in [0, 0.05) is 4.90 Å². The smallest absolute Gasteiger partial charge is 0.100 e. The lowest BCUT2D eigenvalue weighted by atomic mass is 10.2. The third-order valence-corrected chi connectivity index (χ3v) is 4.07. The summed E-state index contributed by atoms with van der Waals surface area (Å²) in [5, 5.41) is 11.1. The van der Waals surface area contributed by atoms with Crippen LogP contribution in [0.15, 0.2) is 44.8 Å². The van der Waals surface area contributed by atoms with Crippen molar-refractivity contribution < 1.29 is 0 Å². The Bertz CT molecular complexity index is 495. The zero-order chi connectivity index (χ0) is 10.7. The molecular formula is C12H9NS2. The fourth-order valence-electron chi connectivity index (χ4n) is 1.25. The molecule has 0 aliphatic carbocycles. The molecule has 1 nitrogen and oxygen atoms in total. The maximum atomic E-state index is 9.01. The molecule has 0 spiro atoms. The Kier molecular flexibility index (Phi) is 3.10. The van der Waals surface area contributed by atoms with Crippen LogP contribution in [0.3, 0.4) is 0 Å². The summed E-state index contributed by atoms with van der Waals surface area (Å²) in [7, 11) is 0. The monoisotopic (exact) mass is 231 g/mol. The van der Waals surface area contributed by atoms with Crippen LogP contribution in [0.4, 0.5) is 0 Å². The summed E-state index contributed by atoms with van der Waals surface area (Å²) in [4.78, 5) is 1.03. The second-order valence-corrected chi connectivity index (χ2v) is 5.44. The van der Waals surface area contributed by atoms with E-state index in [2.05, 4.69) is 12.1 Å². The summed E-state index contributed by atoms with van der Waals surface area (Å²) in [6.45, 7) is 2.00. The summed E-state index contributed by atoms with van der Waals surface area (Å²) >= 11 is 3.34. The van der Waals surface area contributed by atoms with E-state index in [-0.39, 0.29) is 0 Å². The minimum Gasteiger partial charge on any atom is -0.192 e. The molecule has 0 fully saturated rings. The highest BCUT2D eigenvalue weighted by atomic mass is 32.2. The van der Waals surface area contributed by atoms with Crippen LogP contribution in [0.2, 0.25) is 0 Å². The van der Waals surface area contributed by atoms with Gasteiger partial charge in [-0.2, -0.15) is 5.26 Å². The molecule has 1 aromatic carbocycles. The van der Waals surface area contributed by atoms with Gasteiger partial charge < -0.3 is 0 Å². The highest BCUT2D eigenvalue weighted by Crippen LogP contribution is 2.33. The van der Waals surface area contributed by atoms with E-state index in [1.165, 1.54) is 4.21 Å². The lowest BCUT2D eigenvalue weighted by molar-refractivity contribution is 1.32. The van der Waals surface area contributed by atoms with Crippen LogP contribution in [0.25, 0.3) is 0 Å². The summed E-state index contributed by atoms with van der Waals surface area (Å²) < 4.78 is 1.22. The van der Waals surface area contributed by atoms with E-state index in [9.17, 15) is 0 Å². The minimum absolute atomic E-state index is 0.758. The van der Waals surface area contributed by atoms with Gasteiger partial charge in [-0.25, -0.2) is 0 Å². The molecule has 3 heteroatoms. The Balaban J connectivity index is 2.33. The Morgan fingerprint density at radius 2 is 2.20 bits per heavy atom. The predicted molar refractivity (Wildman–Crippen MR) is 64.3 cm³/mol. The molecule has 15 heavy (non-hydrogen) atoms. The second-order valence-electron chi connectivity index (χ2n) is 3.15. The summed E-state index contributed by atoms with van der Waals surface area (Å²) in [6, 6.07) is 12.3. The van der Waals surface area contributed by atoms with Crippen LogP contribution in [0.1, 0.15) is 11.1 Å². The van der Waals surface area contributed by atoms with E-state index in [1.54, 1.807) is 23.1 Å². The largest absolute Gasteiger partial charge is 0.192 e. The first-order valence-electron chi connectivity index (χ1n) is 4.52. The zero-order valence-corrected chi connectivity index (χ0v) is 9.86. The van der Waals surface area contributed by atoms with Crippen molar-refractivity contribution >= 4 is 23.1 Å². The van der Waals surface area contributed by atoms with E-state index in [0.29, 0.717) is 0 Å². The van der Waals surface area contributed by atoms with Crippen molar-refractivity contribution in [1.29, 1.82) is 5.26 Å². The minimum atomic E-state index is 0.758. The van der Waals surface area contributed by atoms with Crippen LogP contribution in [-0.2, 0) is 0 Å². The first-order chi connectivity index (χ1) is 7.29. The van der Waals surface area contributed by atoms with Gasteiger partial charge in [0.2, 0.25) is 0 Å². The Hall–Kier alpha value is -1.24. The van der Waals surface area contributed by atoms with Gasteiger partial charge >= 0.3 is 0 Å². The van der Waals surface area contributed by atoms with Crippen LogP contribution in [-0.4, -0.2) is 0 Å². The fraction of sp³-hybridized carbons (Fsp3) is 0.0833. The standard InChI is InChI=1S/C12H9NS2/c1-9-4-5-11(10(7-9)8-13)15-12-3-2-6-14-12/h2-7H,1H3. The summed E-state index contributed by atoms with van der Waals surface area (Å²) in [6.07, 6.45) is 0. The molecule has 0 saturated heterocycles. The molecule has 0 atom stereocenters. The van der Waals surface area contributed by atoms with Gasteiger partial charge in [-0.3, -0.25) is 0 Å². The molecule has 0 unspecified atom stereocenters. The van der Waals surface area contributed by atoms with Crippen molar-refractivity contribution in [1.82, 2.24) is 0 Å². The average Bonchev–Trinajstić information content (AvgIpc) is 2.73. The van der Waals surface area contributed by atoms with E-state index in [0.717, 1.165) is 16.0 Å². The Morgan fingerprint density at radius 3 is 2.87 bits per heavy atom. The number of benzene rings is 1. The quantitative estimate of drug-likeness (QED) is 0.777. The van der Waals surface area contributed by atoms with Crippen molar-refractivity contribution in [3.63, 3.8) is 0 Å². The van der Waals surface area contributed by atoms with E-state index < -0.39 is 0 Å². The molecule has 0 amide bonds. The van der Waals surface area contributed by atoms with E-state index in [1.807, 2.05) is 36.6 Å². The second kappa shape index (κ2) is 4.52. The Morgan fingerprint density at radius 1 is 1.33 bits per heavy atom. The van der Waals surface area contributed by atoms with Gasteiger partial charge in [-0.1, -0.05) is 23.9 Å². The number of nitrogens with zero attached hydrogens (tertiary/aromatic N) is 1.